The second-order valence-electron chi connectivity index (χ2n) is 3.82. The largest absolute Gasteiger partial charge is 0.448 e. The highest BCUT2D eigenvalue weighted by atomic mass is 79.9. The van der Waals surface area contributed by atoms with Gasteiger partial charge in [0.05, 0.1) is 6.04 Å². The summed E-state index contributed by atoms with van der Waals surface area (Å²) in [4.78, 5) is 4.62. The molecule has 1 fully saturated rings. The molecule has 1 N–H and O–H groups in total. The zero-order valence-electron chi connectivity index (χ0n) is 8.57. The Morgan fingerprint density at radius 2 is 2.44 bits per heavy atom. The molecule has 0 radical (unpaired) electrons. The number of aromatic nitrogens is 1. The Bertz CT molecular complexity index is 488. The summed E-state index contributed by atoms with van der Waals surface area (Å²) in [7, 11) is 0. The van der Waals surface area contributed by atoms with Gasteiger partial charge in [0.1, 0.15) is 10.7 Å². The minimum Gasteiger partial charge on any atom is -0.448 e. The molecule has 1 aliphatic heterocycles. The molecule has 0 bridgehead atoms. The fourth-order valence-electron chi connectivity index (χ4n) is 1.91. The van der Waals surface area contributed by atoms with Crippen molar-refractivity contribution >= 4 is 27.3 Å². The number of hydrogen-bond acceptors (Lipinski definition) is 4. The van der Waals surface area contributed by atoms with E-state index in [1.54, 1.807) is 11.3 Å². The highest BCUT2D eigenvalue weighted by Crippen LogP contribution is 2.31. The van der Waals surface area contributed by atoms with Crippen molar-refractivity contribution in [3.8, 4) is 11.5 Å². The molecule has 5 heteroatoms. The van der Waals surface area contributed by atoms with Gasteiger partial charge in [-0.25, -0.2) is 4.98 Å². The lowest BCUT2D eigenvalue weighted by atomic mass is 10.2. The first kappa shape index (κ1) is 10.5. The standard InChI is InChI=1S/C11H11BrN2OS/c12-10-4-3-9(15-10)8-6-16-11(14-8)7-2-1-5-13-7/h3-4,6-7,13H,1-2,5H2. The van der Waals surface area contributed by atoms with Crippen molar-refractivity contribution in [2.75, 3.05) is 6.54 Å². The first-order valence-corrected chi connectivity index (χ1v) is 6.95. The highest BCUT2D eigenvalue weighted by Gasteiger charge is 2.20. The predicted octanol–water partition coefficient (Wildman–Crippen LogP) is 3.59. The predicted molar refractivity (Wildman–Crippen MR) is 67.5 cm³/mol. The van der Waals surface area contributed by atoms with Crippen LogP contribution < -0.4 is 5.32 Å². The maximum absolute atomic E-state index is 5.49. The van der Waals surface area contributed by atoms with Crippen molar-refractivity contribution < 1.29 is 4.42 Å². The van der Waals surface area contributed by atoms with Crippen LogP contribution in [0.1, 0.15) is 23.9 Å². The van der Waals surface area contributed by atoms with E-state index in [4.69, 9.17) is 4.42 Å². The number of rotatable bonds is 2. The quantitative estimate of drug-likeness (QED) is 0.921. The molecule has 3 rings (SSSR count). The Labute approximate surface area is 106 Å². The van der Waals surface area contributed by atoms with Crippen LogP contribution >= 0.6 is 27.3 Å². The second-order valence-corrected chi connectivity index (χ2v) is 5.49. The zero-order chi connectivity index (χ0) is 11.0. The number of halogens is 1. The van der Waals surface area contributed by atoms with Gasteiger partial charge in [-0.2, -0.15) is 0 Å². The molecule has 1 aliphatic rings. The monoisotopic (exact) mass is 298 g/mol. The van der Waals surface area contributed by atoms with Gasteiger partial charge < -0.3 is 9.73 Å². The van der Waals surface area contributed by atoms with E-state index in [0.717, 1.165) is 22.7 Å². The number of furan rings is 1. The lowest BCUT2D eigenvalue weighted by Gasteiger charge is -2.03. The summed E-state index contributed by atoms with van der Waals surface area (Å²) in [6.45, 7) is 1.10. The minimum absolute atomic E-state index is 0.442. The van der Waals surface area contributed by atoms with Gasteiger partial charge in [-0.15, -0.1) is 11.3 Å². The van der Waals surface area contributed by atoms with Crippen molar-refractivity contribution in [2.45, 2.75) is 18.9 Å². The Balaban J connectivity index is 1.87. The maximum atomic E-state index is 5.49. The number of nitrogens with zero attached hydrogens (tertiary/aromatic N) is 1. The molecule has 3 heterocycles. The lowest BCUT2D eigenvalue weighted by molar-refractivity contribution is 0.553. The number of thiazole rings is 1. The summed E-state index contributed by atoms with van der Waals surface area (Å²) in [6.07, 6.45) is 2.43. The summed E-state index contributed by atoms with van der Waals surface area (Å²) in [6, 6.07) is 4.27. The third-order valence-electron chi connectivity index (χ3n) is 2.71. The van der Waals surface area contributed by atoms with Gasteiger partial charge in [0.15, 0.2) is 10.4 Å². The molecule has 2 aromatic rings. The third-order valence-corrected chi connectivity index (χ3v) is 4.09. The molecule has 0 saturated carbocycles. The molecule has 3 nitrogen and oxygen atoms in total. The molecular weight excluding hydrogens is 288 g/mol. The van der Waals surface area contributed by atoms with E-state index in [1.807, 2.05) is 12.1 Å². The summed E-state index contributed by atoms with van der Waals surface area (Å²) in [5, 5.41) is 6.67. The SMILES string of the molecule is Brc1ccc(-c2csc(C3CCCN3)n2)o1. The molecule has 1 atom stereocenters. The normalized spacial score (nSPS) is 20.4. The molecular formula is C11H11BrN2OS. The number of nitrogens with one attached hydrogen (secondary N) is 1. The van der Waals surface area contributed by atoms with Crippen LogP contribution in [0.5, 0.6) is 0 Å². The summed E-state index contributed by atoms with van der Waals surface area (Å²) in [5.74, 6) is 0.826. The van der Waals surface area contributed by atoms with Crippen molar-refractivity contribution in [3.05, 3.63) is 27.2 Å². The molecule has 84 valence electrons. The van der Waals surface area contributed by atoms with E-state index in [9.17, 15) is 0 Å². The Kier molecular flexibility index (Phi) is 2.83. The first-order chi connectivity index (χ1) is 7.83. The molecule has 0 aromatic carbocycles. The van der Waals surface area contributed by atoms with Gasteiger partial charge >= 0.3 is 0 Å². The topological polar surface area (TPSA) is 38.1 Å². The molecule has 1 saturated heterocycles. The molecule has 2 aromatic heterocycles. The van der Waals surface area contributed by atoms with E-state index in [2.05, 4.69) is 31.6 Å². The highest BCUT2D eigenvalue weighted by molar-refractivity contribution is 9.10. The maximum Gasteiger partial charge on any atom is 0.169 e. The van der Waals surface area contributed by atoms with Crippen LogP contribution in [-0.4, -0.2) is 11.5 Å². The van der Waals surface area contributed by atoms with Gasteiger partial charge in [0.25, 0.3) is 0 Å². The molecule has 16 heavy (non-hydrogen) atoms. The minimum atomic E-state index is 0.442. The average Bonchev–Trinajstić information content (AvgIpc) is 2.97. The van der Waals surface area contributed by atoms with E-state index in [1.165, 1.54) is 17.8 Å². The van der Waals surface area contributed by atoms with Crippen molar-refractivity contribution in [3.63, 3.8) is 0 Å². The van der Waals surface area contributed by atoms with Crippen LogP contribution in [0.25, 0.3) is 11.5 Å². The van der Waals surface area contributed by atoms with Crippen molar-refractivity contribution in [2.24, 2.45) is 0 Å². The lowest BCUT2D eigenvalue weighted by Crippen LogP contribution is -2.12. The van der Waals surface area contributed by atoms with Gasteiger partial charge in [-0.3, -0.25) is 0 Å². The van der Waals surface area contributed by atoms with Crippen LogP contribution in [0.3, 0.4) is 0 Å². The Hall–Kier alpha value is -0.650. The van der Waals surface area contributed by atoms with Crippen LogP contribution in [-0.2, 0) is 0 Å². The smallest absolute Gasteiger partial charge is 0.169 e. The van der Waals surface area contributed by atoms with Crippen LogP contribution in [0.4, 0.5) is 0 Å². The zero-order valence-corrected chi connectivity index (χ0v) is 11.0. The molecule has 0 aliphatic carbocycles. The van der Waals surface area contributed by atoms with Gasteiger partial charge in [0.2, 0.25) is 0 Å². The first-order valence-electron chi connectivity index (χ1n) is 5.27. The second kappa shape index (κ2) is 4.31. The van der Waals surface area contributed by atoms with Gasteiger partial charge in [0, 0.05) is 5.38 Å². The summed E-state index contributed by atoms with van der Waals surface area (Å²) >= 11 is 5.00. The Morgan fingerprint density at radius 3 is 3.12 bits per heavy atom. The van der Waals surface area contributed by atoms with Crippen LogP contribution in [0, 0.1) is 0 Å². The van der Waals surface area contributed by atoms with Crippen LogP contribution in [0.2, 0.25) is 0 Å². The van der Waals surface area contributed by atoms with Crippen molar-refractivity contribution in [1.82, 2.24) is 10.3 Å². The molecule has 0 amide bonds. The Morgan fingerprint density at radius 1 is 1.50 bits per heavy atom. The van der Waals surface area contributed by atoms with Gasteiger partial charge in [-0.05, 0) is 47.4 Å². The van der Waals surface area contributed by atoms with Crippen LogP contribution in [0.15, 0.2) is 26.6 Å². The summed E-state index contributed by atoms with van der Waals surface area (Å²) < 4.78 is 6.23. The van der Waals surface area contributed by atoms with E-state index in [0.29, 0.717) is 6.04 Å². The third kappa shape index (κ3) is 1.95. The molecule has 0 spiro atoms. The van der Waals surface area contributed by atoms with E-state index < -0.39 is 0 Å². The average molecular weight is 299 g/mol. The van der Waals surface area contributed by atoms with E-state index >= 15 is 0 Å². The fraction of sp³-hybridized carbons (Fsp3) is 0.364. The van der Waals surface area contributed by atoms with Crippen molar-refractivity contribution in [1.29, 1.82) is 0 Å². The number of hydrogen-bond donors (Lipinski definition) is 1. The molecule has 1 unspecified atom stereocenters. The van der Waals surface area contributed by atoms with Gasteiger partial charge in [-0.1, -0.05) is 0 Å². The summed E-state index contributed by atoms with van der Waals surface area (Å²) in [5.41, 5.74) is 0.930. The van der Waals surface area contributed by atoms with E-state index in [-0.39, 0.29) is 0 Å². The fourth-order valence-corrected chi connectivity index (χ4v) is 3.13.